The van der Waals surface area contributed by atoms with Crippen LogP contribution in [0.4, 0.5) is 0 Å². The topological polar surface area (TPSA) is 134 Å². The molecular weight excluding hydrogens is 482 g/mol. The van der Waals surface area contributed by atoms with E-state index in [1.807, 2.05) is 45.2 Å². The lowest BCUT2D eigenvalue weighted by molar-refractivity contribution is -0.137. The van der Waals surface area contributed by atoms with Gasteiger partial charge in [-0.1, -0.05) is 34.2 Å². The minimum atomic E-state index is -3.38. The Bertz CT molecular complexity index is 1220. The number of aromatic nitrogens is 4. The molecule has 10 nitrogen and oxygen atoms in total. The number of ether oxygens (including phenoxy) is 1. The number of hydrogen-bond acceptors (Lipinski definition) is 8. The van der Waals surface area contributed by atoms with E-state index in [4.69, 9.17) is 4.74 Å². The van der Waals surface area contributed by atoms with Crippen molar-refractivity contribution in [2.45, 2.75) is 70.2 Å². The van der Waals surface area contributed by atoms with Gasteiger partial charge in [-0.05, 0) is 68.4 Å². The number of fused-ring (bicyclic) bond motifs is 1. The van der Waals surface area contributed by atoms with Crippen LogP contribution in [0.15, 0.2) is 47.8 Å². The summed E-state index contributed by atoms with van der Waals surface area (Å²) in [6.45, 7) is 7.12. The maximum Gasteiger partial charge on any atom is 0.303 e. The zero-order chi connectivity index (χ0) is 25.9. The van der Waals surface area contributed by atoms with Crippen LogP contribution < -0.4 is 4.74 Å². The summed E-state index contributed by atoms with van der Waals surface area (Å²) in [5, 5.41) is 17.9. The summed E-state index contributed by atoms with van der Waals surface area (Å²) in [6, 6.07) is 9.30. The van der Waals surface area contributed by atoms with Gasteiger partial charge in [-0.25, -0.2) is 4.98 Å². The van der Waals surface area contributed by atoms with E-state index in [0.29, 0.717) is 25.1 Å². The van der Waals surface area contributed by atoms with Crippen molar-refractivity contribution in [2.24, 2.45) is 0 Å². The van der Waals surface area contributed by atoms with Gasteiger partial charge in [0, 0.05) is 25.5 Å². The van der Waals surface area contributed by atoms with Gasteiger partial charge in [0.15, 0.2) is 5.75 Å². The van der Waals surface area contributed by atoms with Crippen molar-refractivity contribution in [2.75, 3.05) is 6.54 Å². The summed E-state index contributed by atoms with van der Waals surface area (Å²) in [7, 11) is -3.38. The predicted molar refractivity (Wildman–Crippen MR) is 136 cm³/mol. The van der Waals surface area contributed by atoms with E-state index in [1.54, 1.807) is 21.1 Å². The molecule has 2 unspecified atom stereocenters. The van der Waals surface area contributed by atoms with Crippen LogP contribution >= 0.6 is 10.8 Å². The molecule has 0 aliphatic carbocycles. The van der Waals surface area contributed by atoms with Gasteiger partial charge in [-0.3, -0.25) is 18.6 Å². The molecule has 3 heterocycles. The first-order valence-electron chi connectivity index (χ1n) is 12.0. The smallest absolute Gasteiger partial charge is 0.303 e. The Morgan fingerprint density at radius 1 is 1.31 bits per heavy atom. The summed E-state index contributed by atoms with van der Waals surface area (Å²) in [5.74, 6) is -0.711. The third-order valence-electron chi connectivity index (χ3n) is 6.42. The molecule has 36 heavy (non-hydrogen) atoms. The molecule has 3 N–H and O–H groups in total. The SMILES string of the molecule is CCn1cc(CCC(CC(=O)O)c2ccc(C)c(CN3CC(C)Oc4cccnc4S3(O)O)c2)nn1. The van der Waals surface area contributed by atoms with Gasteiger partial charge >= 0.3 is 5.97 Å². The molecule has 0 spiro atoms. The highest BCUT2D eigenvalue weighted by Crippen LogP contribution is 2.56. The molecule has 0 saturated heterocycles. The number of carbonyl (C=O) groups is 1. The summed E-state index contributed by atoms with van der Waals surface area (Å²) >= 11 is 0. The van der Waals surface area contributed by atoms with E-state index in [0.717, 1.165) is 28.9 Å². The van der Waals surface area contributed by atoms with Crippen molar-refractivity contribution >= 4 is 16.7 Å². The van der Waals surface area contributed by atoms with E-state index in [2.05, 4.69) is 15.3 Å². The highest BCUT2D eigenvalue weighted by Gasteiger charge is 2.35. The van der Waals surface area contributed by atoms with Crippen molar-refractivity contribution in [3.63, 3.8) is 0 Å². The molecule has 0 fully saturated rings. The lowest BCUT2D eigenvalue weighted by Crippen LogP contribution is -2.33. The van der Waals surface area contributed by atoms with Gasteiger partial charge < -0.3 is 9.84 Å². The molecule has 2 atom stereocenters. The number of rotatable bonds is 9. The van der Waals surface area contributed by atoms with Crippen LogP contribution in [0.25, 0.3) is 0 Å². The monoisotopic (exact) mass is 515 g/mol. The maximum atomic E-state index is 11.7. The van der Waals surface area contributed by atoms with Crippen molar-refractivity contribution in [1.29, 1.82) is 0 Å². The fourth-order valence-corrected chi connectivity index (χ4v) is 6.00. The number of benzene rings is 1. The molecule has 0 bridgehead atoms. The van der Waals surface area contributed by atoms with Crippen molar-refractivity contribution in [1.82, 2.24) is 24.3 Å². The molecule has 2 aromatic heterocycles. The minimum absolute atomic E-state index is 0.00845. The molecule has 194 valence electrons. The first-order valence-corrected chi connectivity index (χ1v) is 13.5. The van der Waals surface area contributed by atoms with E-state index >= 15 is 0 Å². The number of aliphatic carboxylic acids is 1. The van der Waals surface area contributed by atoms with E-state index < -0.39 is 16.7 Å². The summed E-state index contributed by atoms with van der Waals surface area (Å²) in [4.78, 5) is 15.9. The second-order valence-corrected chi connectivity index (χ2v) is 11.1. The van der Waals surface area contributed by atoms with Crippen molar-refractivity contribution in [3.8, 4) is 5.75 Å². The number of carboxylic acids is 1. The molecule has 0 amide bonds. The molecule has 1 aromatic carbocycles. The molecular formula is C25H33N5O5S. The van der Waals surface area contributed by atoms with Crippen LogP contribution in [0.2, 0.25) is 0 Å². The van der Waals surface area contributed by atoms with Gasteiger partial charge in [0.1, 0.15) is 6.10 Å². The van der Waals surface area contributed by atoms with Crippen LogP contribution in [-0.2, 0) is 24.3 Å². The summed E-state index contributed by atoms with van der Waals surface area (Å²) in [5.41, 5.74) is 3.60. The first kappa shape index (κ1) is 26.1. The predicted octanol–water partition coefficient (Wildman–Crippen LogP) is 4.50. The lowest BCUT2D eigenvalue weighted by Gasteiger charge is -2.40. The van der Waals surface area contributed by atoms with Crippen LogP contribution in [0.3, 0.4) is 0 Å². The Labute approximate surface area is 212 Å². The second kappa shape index (κ2) is 11.0. The largest absolute Gasteiger partial charge is 0.486 e. The normalized spacial score (nSPS) is 19.1. The quantitative estimate of drug-likeness (QED) is 0.376. The number of aryl methyl sites for hydroxylation is 3. The van der Waals surface area contributed by atoms with E-state index in [1.165, 1.54) is 6.20 Å². The second-order valence-electron chi connectivity index (χ2n) is 9.16. The van der Waals surface area contributed by atoms with Gasteiger partial charge in [0.25, 0.3) is 0 Å². The number of pyridine rings is 1. The Morgan fingerprint density at radius 2 is 2.11 bits per heavy atom. The fourth-order valence-electron chi connectivity index (χ4n) is 4.43. The average molecular weight is 516 g/mol. The standard InChI is InChI=1S/C25H33N5O5S/c1-4-29-16-22(27-28-29)10-9-20(13-24(31)32)19-8-7-17(2)21(12-19)15-30-14-18(3)35-23-6-5-11-26-25(23)36(30,33)34/h5-8,11-12,16,18,20,33-34H,4,9-10,13-15H2,1-3H3,(H,31,32). The molecule has 11 heteroatoms. The number of hydrogen-bond donors (Lipinski definition) is 3. The van der Waals surface area contributed by atoms with Crippen LogP contribution in [0.1, 0.15) is 55.0 Å². The van der Waals surface area contributed by atoms with Crippen molar-refractivity contribution < 1.29 is 23.7 Å². The van der Waals surface area contributed by atoms with Crippen LogP contribution in [0.5, 0.6) is 5.75 Å². The maximum absolute atomic E-state index is 11.7. The van der Waals surface area contributed by atoms with Gasteiger partial charge in [0.05, 0.1) is 18.7 Å². The number of carboxylic acid groups (broad SMARTS) is 1. The first-order chi connectivity index (χ1) is 17.2. The molecule has 1 aliphatic rings. The Kier molecular flexibility index (Phi) is 7.94. The highest BCUT2D eigenvalue weighted by atomic mass is 32.3. The molecule has 4 rings (SSSR count). The van der Waals surface area contributed by atoms with E-state index in [9.17, 15) is 19.0 Å². The summed E-state index contributed by atoms with van der Waals surface area (Å²) < 4.78 is 31.7. The van der Waals surface area contributed by atoms with Crippen molar-refractivity contribution in [3.05, 3.63) is 65.1 Å². The third kappa shape index (κ3) is 5.86. The zero-order valence-electron chi connectivity index (χ0n) is 20.7. The Morgan fingerprint density at radius 3 is 2.83 bits per heavy atom. The molecule has 0 radical (unpaired) electrons. The van der Waals surface area contributed by atoms with Gasteiger partial charge in [0.2, 0.25) is 5.03 Å². The number of nitrogens with zero attached hydrogens (tertiary/aromatic N) is 5. The van der Waals surface area contributed by atoms with Gasteiger partial charge in [-0.2, -0.15) is 4.31 Å². The van der Waals surface area contributed by atoms with Crippen LogP contribution in [-0.4, -0.2) is 57.1 Å². The lowest BCUT2D eigenvalue weighted by atomic mass is 9.88. The van der Waals surface area contributed by atoms with E-state index in [-0.39, 0.29) is 30.0 Å². The zero-order valence-corrected chi connectivity index (χ0v) is 21.6. The average Bonchev–Trinajstić information content (AvgIpc) is 3.27. The third-order valence-corrected chi connectivity index (χ3v) is 8.24. The highest BCUT2D eigenvalue weighted by molar-refractivity contribution is 8.22. The molecule has 3 aromatic rings. The Hall–Kier alpha value is -2.99. The fraction of sp³-hybridized carbons (Fsp3) is 0.440. The summed E-state index contributed by atoms with van der Waals surface area (Å²) in [6.07, 6.45) is 4.35. The van der Waals surface area contributed by atoms with Crippen LogP contribution in [0, 0.1) is 6.92 Å². The van der Waals surface area contributed by atoms with Gasteiger partial charge in [-0.15, -0.1) is 5.10 Å². The molecule has 1 aliphatic heterocycles. The Balaban J connectivity index is 1.59. The molecule has 0 saturated carbocycles. The minimum Gasteiger partial charge on any atom is -0.486 e.